The molecule has 1 saturated heterocycles. The molecular weight excluding hydrogens is 377 g/mol. The molecule has 140 valence electrons. The molecule has 0 spiro atoms. The zero-order chi connectivity index (χ0) is 18.9. The maximum atomic E-state index is 13.6. The van der Waals surface area contributed by atoms with E-state index in [9.17, 15) is 12.8 Å². The summed E-state index contributed by atoms with van der Waals surface area (Å²) in [7, 11) is -3.77. The van der Waals surface area contributed by atoms with Crippen molar-refractivity contribution in [1.29, 1.82) is 0 Å². The molecule has 0 bridgehead atoms. The summed E-state index contributed by atoms with van der Waals surface area (Å²) >= 11 is 6.02. The smallest absolute Gasteiger partial charge is 0.244 e. The van der Waals surface area contributed by atoms with Crippen molar-refractivity contribution in [2.45, 2.75) is 25.2 Å². The highest BCUT2D eigenvalue weighted by Gasteiger charge is 2.29. The minimum absolute atomic E-state index is 0.0359. The molecular formula is C18H21ClFN3O2S. The Balaban J connectivity index is 1.83. The van der Waals surface area contributed by atoms with Crippen molar-refractivity contribution in [1.82, 2.24) is 9.29 Å². The second-order valence-electron chi connectivity index (χ2n) is 6.43. The second kappa shape index (κ2) is 7.50. The predicted molar refractivity (Wildman–Crippen MR) is 101 cm³/mol. The van der Waals surface area contributed by atoms with Crippen LogP contribution in [0.4, 0.5) is 10.1 Å². The molecule has 1 aromatic heterocycles. The molecule has 0 N–H and O–H groups in total. The molecule has 2 heterocycles. The van der Waals surface area contributed by atoms with Crippen LogP contribution in [0.15, 0.2) is 35.4 Å². The predicted octanol–water partition coefficient (Wildman–Crippen LogP) is 3.39. The van der Waals surface area contributed by atoms with Gasteiger partial charge in [-0.3, -0.25) is 4.98 Å². The van der Waals surface area contributed by atoms with Crippen LogP contribution in [0.1, 0.15) is 17.7 Å². The monoisotopic (exact) mass is 397 g/mol. The Hall–Kier alpha value is -1.70. The lowest BCUT2D eigenvalue weighted by molar-refractivity contribution is 0.433. The lowest BCUT2D eigenvalue weighted by Gasteiger charge is -2.24. The van der Waals surface area contributed by atoms with Gasteiger partial charge in [0.15, 0.2) is 0 Å². The molecule has 0 amide bonds. The number of pyridine rings is 1. The van der Waals surface area contributed by atoms with Crippen LogP contribution in [0.5, 0.6) is 0 Å². The van der Waals surface area contributed by atoms with E-state index in [1.807, 2.05) is 19.1 Å². The largest absolute Gasteiger partial charge is 0.370 e. The molecule has 26 heavy (non-hydrogen) atoms. The SMILES string of the molecule is Cc1cc(N2CCCN(S(=O)(=O)c3cc(C)c(F)cc3Cl)CC2)ccn1. The molecule has 0 atom stereocenters. The van der Waals surface area contributed by atoms with Gasteiger partial charge in [0.2, 0.25) is 10.0 Å². The van der Waals surface area contributed by atoms with E-state index in [1.54, 1.807) is 6.20 Å². The molecule has 0 saturated carbocycles. The number of anilines is 1. The molecule has 0 unspecified atom stereocenters. The van der Waals surface area contributed by atoms with E-state index < -0.39 is 15.8 Å². The Labute approximate surface area is 158 Å². The number of aromatic nitrogens is 1. The molecule has 2 aromatic rings. The first-order valence-electron chi connectivity index (χ1n) is 8.42. The van der Waals surface area contributed by atoms with E-state index in [0.717, 1.165) is 24.0 Å². The molecule has 1 fully saturated rings. The molecule has 1 aliphatic rings. The summed E-state index contributed by atoms with van der Waals surface area (Å²) in [6, 6.07) is 6.29. The fourth-order valence-electron chi connectivity index (χ4n) is 3.09. The summed E-state index contributed by atoms with van der Waals surface area (Å²) in [5.74, 6) is -0.510. The fourth-order valence-corrected chi connectivity index (χ4v) is 5.13. The number of hydrogen-bond acceptors (Lipinski definition) is 4. The van der Waals surface area contributed by atoms with E-state index in [-0.39, 0.29) is 15.5 Å². The highest BCUT2D eigenvalue weighted by Crippen LogP contribution is 2.28. The van der Waals surface area contributed by atoms with Crippen LogP contribution < -0.4 is 4.90 Å². The van der Waals surface area contributed by atoms with Crippen molar-refractivity contribution in [2.24, 2.45) is 0 Å². The lowest BCUT2D eigenvalue weighted by Crippen LogP contribution is -2.35. The fraction of sp³-hybridized carbons (Fsp3) is 0.389. The van der Waals surface area contributed by atoms with Gasteiger partial charge in [0.05, 0.1) is 5.02 Å². The number of benzene rings is 1. The summed E-state index contributed by atoms with van der Waals surface area (Å²) < 4.78 is 41.1. The zero-order valence-electron chi connectivity index (χ0n) is 14.7. The first kappa shape index (κ1) is 19.1. The molecule has 3 rings (SSSR count). The van der Waals surface area contributed by atoms with Gasteiger partial charge in [0.25, 0.3) is 0 Å². The molecule has 8 heteroatoms. The van der Waals surface area contributed by atoms with Crippen molar-refractivity contribution >= 4 is 27.3 Å². The Morgan fingerprint density at radius 2 is 1.88 bits per heavy atom. The highest BCUT2D eigenvalue weighted by molar-refractivity contribution is 7.89. The van der Waals surface area contributed by atoms with Gasteiger partial charge in [-0.25, -0.2) is 12.8 Å². The van der Waals surface area contributed by atoms with E-state index in [0.29, 0.717) is 26.1 Å². The third-order valence-electron chi connectivity index (χ3n) is 4.53. The second-order valence-corrected chi connectivity index (χ2v) is 8.75. The van der Waals surface area contributed by atoms with Gasteiger partial charge >= 0.3 is 0 Å². The summed E-state index contributed by atoms with van der Waals surface area (Å²) in [5.41, 5.74) is 2.22. The topological polar surface area (TPSA) is 53.5 Å². The summed E-state index contributed by atoms with van der Waals surface area (Å²) in [6.07, 6.45) is 2.45. The molecule has 0 aliphatic carbocycles. The number of sulfonamides is 1. The van der Waals surface area contributed by atoms with Crippen molar-refractivity contribution in [2.75, 3.05) is 31.1 Å². The highest BCUT2D eigenvalue weighted by atomic mass is 35.5. The van der Waals surface area contributed by atoms with Gasteiger partial charge in [-0.2, -0.15) is 4.31 Å². The third kappa shape index (κ3) is 3.84. The van der Waals surface area contributed by atoms with E-state index in [2.05, 4.69) is 9.88 Å². The summed E-state index contributed by atoms with van der Waals surface area (Å²) in [5, 5.41) is -0.0843. The van der Waals surface area contributed by atoms with E-state index in [1.165, 1.54) is 17.3 Å². The van der Waals surface area contributed by atoms with Crippen LogP contribution in [-0.2, 0) is 10.0 Å². The van der Waals surface area contributed by atoms with Gasteiger partial charge in [0, 0.05) is 43.8 Å². The summed E-state index contributed by atoms with van der Waals surface area (Å²) in [4.78, 5) is 6.32. The van der Waals surface area contributed by atoms with Crippen LogP contribution in [0, 0.1) is 19.7 Å². The minimum atomic E-state index is -3.77. The first-order chi connectivity index (χ1) is 12.3. The molecule has 1 aromatic carbocycles. The number of rotatable bonds is 3. The molecule has 0 radical (unpaired) electrons. The average Bonchev–Trinajstić information content (AvgIpc) is 2.84. The Bertz CT molecular complexity index is 921. The van der Waals surface area contributed by atoms with Crippen LogP contribution in [0.25, 0.3) is 0 Å². The van der Waals surface area contributed by atoms with Crippen LogP contribution in [-0.4, -0.2) is 43.9 Å². The Morgan fingerprint density at radius 1 is 1.12 bits per heavy atom. The van der Waals surface area contributed by atoms with Gasteiger partial charge < -0.3 is 4.90 Å². The van der Waals surface area contributed by atoms with Crippen LogP contribution >= 0.6 is 11.6 Å². The zero-order valence-corrected chi connectivity index (χ0v) is 16.3. The maximum absolute atomic E-state index is 13.6. The van der Waals surface area contributed by atoms with Gasteiger partial charge in [-0.15, -0.1) is 0 Å². The van der Waals surface area contributed by atoms with Crippen LogP contribution in [0.2, 0.25) is 5.02 Å². The maximum Gasteiger partial charge on any atom is 0.244 e. The van der Waals surface area contributed by atoms with E-state index in [4.69, 9.17) is 11.6 Å². The number of halogens is 2. The molecule has 1 aliphatic heterocycles. The van der Waals surface area contributed by atoms with Gasteiger partial charge in [-0.05, 0) is 50.1 Å². The van der Waals surface area contributed by atoms with E-state index >= 15 is 0 Å². The molecule has 5 nitrogen and oxygen atoms in total. The third-order valence-corrected chi connectivity index (χ3v) is 6.89. The van der Waals surface area contributed by atoms with Crippen LogP contribution in [0.3, 0.4) is 0 Å². The summed E-state index contributed by atoms with van der Waals surface area (Å²) in [6.45, 7) is 5.52. The van der Waals surface area contributed by atoms with Gasteiger partial charge in [-0.1, -0.05) is 11.6 Å². The quantitative estimate of drug-likeness (QED) is 0.796. The Kier molecular flexibility index (Phi) is 5.50. The van der Waals surface area contributed by atoms with Crippen molar-refractivity contribution < 1.29 is 12.8 Å². The number of aryl methyl sites for hydroxylation is 2. The van der Waals surface area contributed by atoms with Gasteiger partial charge in [0.1, 0.15) is 10.7 Å². The number of hydrogen-bond donors (Lipinski definition) is 0. The standard InChI is InChI=1S/C18H21ClFN3O2S/c1-13-10-18(16(19)12-17(13)20)26(24,25)23-7-3-6-22(8-9-23)15-4-5-21-14(2)11-15/h4-5,10-12H,3,6-9H2,1-2H3. The lowest BCUT2D eigenvalue weighted by atomic mass is 10.2. The average molecular weight is 398 g/mol. The number of nitrogens with zero attached hydrogens (tertiary/aromatic N) is 3. The van der Waals surface area contributed by atoms with Crippen molar-refractivity contribution in [3.05, 3.63) is 52.6 Å². The van der Waals surface area contributed by atoms with Crippen molar-refractivity contribution in [3.63, 3.8) is 0 Å². The minimum Gasteiger partial charge on any atom is -0.370 e. The Morgan fingerprint density at radius 3 is 2.62 bits per heavy atom. The van der Waals surface area contributed by atoms with Crippen molar-refractivity contribution in [3.8, 4) is 0 Å². The normalized spacial score (nSPS) is 16.5. The first-order valence-corrected chi connectivity index (χ1v) is 10.2.